The van der Waals surface area contributed by atoms with Gasteiger partial charge in [-0.05, 0) is 13.0 Å². The highest BCUT2D eigenvalue weighted by Crippen LogP contribution is 2.17. The summed E-state index contributed by atoms with van der Waals surface area (Å²) in [4.78, 5) is 31.4. The van der Waals surface area contributed by atoms with Crippen LogP contribution in [0.15, 0.2) is 18.5 Å². The number of aromatic amines is 1. The first-order chi connectivity index (χ1) is 9.88. The number of aromatic carboxylic acids is 1. The van der Waals surface area contributed by atoms with Gasteiger partial charge in [-0.2, -0.15) is 0 Å². The van der Waals surface area contributed by atoms with Gasteiger partial charge in [0, 0.05) is 32.2 Å². The Morgan fingerprint density at radius 1 is 1.52 bits per heavy atom. The lowest BCUT2D eigenvalue weighted by atomic mass is 10.3. The van der Waals surface area contributed by atoms with Crippen molar-refractivity contribution in [3.05, 3.63) is 35.7 Å². The van der Waals surface area contributed by atoms with Crippen LogP contribution in [0.4, 0.5) is 10.5 Å². The molecule has 112 valence electrons. The van der Waals surface area contributed by atoms with Gasteiger partial charge in [-0.25, -0.2) is 14.6 Å². The number of H-pyrrole nitrogens is 1. The fraction of sp³-hybridized carbons (Fsp3) is 0.308. The molecule has 2 aromatic heterocycles. The Kier molecular flexibility index (Phi) is 3.97. The molecule has 0 aromatic carbocycles. The van der Waals surface area contributed by atoms with Crippen LogP contribution in [-0.2, 0) is 13.6 Å². The van der Waals surface area contributed by atoms with Crippen LogP contribution < -0.4 is 5.32 Å². The van der Waals surface area contributed by atoms with Crippen molar-refractivity contribution in [2.45, 2.75) is 13.5 Å². The maximum absolute atomic E-state index is 12.1. The lowest BCUT2D eigenvalue weighted by molar-refractivity contribution is 0.0692. The molecule has 0 spiro atoms. The number of anilines is 1. The summed E-state index contributed by atoms with van der Waals surface area (Å²) in [5.74, 6) is -0.387. The van der Waals surface area contributed by atoms with E-state index in [1.807, 2.05) is 11.6 Å². The molecule has 0 atom stereocenters. The molecule has 21 heavy (non-hydrogen) atoms. The quantitative estimate of drug-likeness (QED) is 0.792. The molecule has 8 nitrogen and oxygen atoms in total. The molecule has 0 saturated carbocycles. The van der Waals surface area contributed by atoms with E-state index < -0.39 is 12.0 Å². The van der Waals surface area contributed by atoms with E-state index in [2.05, 4.69) is 15.3 Å². The van der Waals surface area contributed by atoms with Gasteiger partial charge in [0.05, 0.1) is 12.2 Å². The minimum Gasteiger partial charge on any atom is -0.477 e. The number of hydrogen-bond acceptors (Lipinski definition) is 3. The van der Waals surface area contributed by atoms with E-state index >= 15 is 0 Å². The predicted molar refractivity (Wildman–Crippen MR) is 76.2 cm³/mol. The molecule has 0 aliphatic carbocycles. The number of urea groups is 1. The molecule has 8 heteroatoms. The summed E-state index contributed by atoms with van der Waals surface area (Å²) in [5, 5.41) is 11.6. The Hall–Kier alpha value is -2.77. The van der Waals surface area contributed by atoms with Crippen molar-refractivity contribution in [2.24, 2.45) is 7.05 Å². The second kappa shape index (κ2) is 5.70. The van der Waals surface area contributed by atoms with Crippen molar-refractivity contribution < 1.29 is 14.7 Å². The van der Waals surface area contributed by atoms with Gasteiger partial charge in [-0.1, -0.05) is 0 Å². The molecule has 0 fully saturated rings. The molecular weight excluding hydrogens is 274 g/mol. The highest BCUT2D eigenvalue weighted by atomic mass is 16.4. The zero-order valence-corrected chi connectivity index (χ0v) is 12.0. The van der Waals surface area contributed by atoms with Crippen LogP contribution in [0.2, 0.25) is 0 Å². The lowest BCUT2D eigenvalue weighted by Crippen LogP contribution is -2.32. The van der Waals surface area contributed by atoms with E-state index in [0.29, 0.717) is 12.2 Å². The first kappa shape index (κ1) is 14.6. The Morgan fingerprint density at radius 2 is 2.24 bits per heavy atom. The number of carboxylic acid groups (broad SMARTS) is 1. The smallest absolute Gasteiger partial charge is 0.354 e. The number of carboxylic acids is 1. The number of nitrogens with one attached hydrogen (secondary N) is 2. The molecule has 2 aromatic rings. The molecule has 0 saturated heterocycles. The maximum atomic E-state index is 12.1. The van der Waals surface area contributed by atoms with Crippen molar-refractivity contribution in [1.29, 1.82) is 0 Å². The van der Waals surface area contributed by atoms with E-state index in [4.69, 9.17) is 5.11 Å². The van der Waals surface area contributed by atoms with Crippen LogP contribution in [-0.4, -0.2) is 43.6 Å². The molecule has 2 heterocycles. The van der Waals surface area contributed by atoms with E-state index in [1.165, 1.54) is 4.90 Å². The zero-order chi connectivity index (χ0) is 15.6. The third kappa shape index (κ3) is 3.22. The molecular formula is C13H17N5O3. The van der Waals surface area contributed by atoms with Crippen molar-refractivity contribution in [1.82, 2.24) is 19.4 Å². The number of nitrogens with zero attached hydrogens (tertiary/aromatic N) is 3. The van der Waals surface area contributed by atoms with Crippen LogP contribution in [0.25, 0.3) is 0 Å². The Morgan fingerprint density at radius 3 is 2.81 bits per heavy atom. The summed E-state index contributed by atoms with van der Waals surface area (Å²) in [5.41, 5.74) is 0.873. The Balaban J connectivity index is 2.07. The van der Waals surface area contributed by atoms with Gasteiger partial charge in [0.25, 0.3) is 0 Å². The standard InChI is InChI=1S/C13H17N5O3/c1-8-6-9(11(15-8)12(19)20)16-13(21)18(3)7-10-14-4-5-17(10)2/h4-6,15H,7H2,1-3H3,(H,16,21)(H,19,20). The molecule has 0 unspecified atom stereocenters. The van der Waals surface area contributed by atoms with Gasteiger partial charge in [0.1, 0.15) is 11.5 Å². The second-order valence-corrected chi connectivity index (χ2v) is 4.79. The van der Waals surface area contributed by atoms with Crippen molar-refractivity contribution >= 4 is 17.7 Å². The highest BCUT2D eigenvalue weighted by molar-refractivity contribution is 5.99. The number of hydrogen-bond donors (Lipinski definition) is 3. The minimum atomic E-state index is -1.12. The zero-order valence-electron chi connectivity index (χ0n) is 12.0. The fourth-order valence-corrected chi connectivity index (χ4v) is 1.90. The second-order valence-electron chi connectivity index (χ2n) is 4.79. The van der Waals surface area contributed by atoms with Gasteiger partial charge in [0.15, 0.2) is 0 Å². The number of carbonyl (C=O) groups is 2. The topological polar surface area (TPSA) is 103 Å². The first-order valence-electron chi connectivity index (χ1n) is 6.29. The average Bonchev–Trinajstić information content (AvgIpc) is 2.96. The van der Waals surface area contributed by atoms with Gasteiger partial charge >= 0.3 is 12.0 Å². The Bertz CT molecular complexity index is 673. The van der Waals surface area contributed by atoms with Crippen molar-refractivity contribution in [3.8, 4) is 0 Å². The largest absolute Gasteiger partial charge is 0.477 e. The summed E-state index contributed by atoms with van der Waals surface area (Å²) < 4.78 is 1.81. The maximum Gasteiger partial charge on any atom is 0.354 e. The minimum absolute atomic E-state index is 0.0359. The summed E-state index contributed by atoms with van der Waals surface area (Å²) in [6.45, 7) is 2.04. The predicted octanol–water partition coefficient (Wildman–Crippen LogP) is 1.42. The van der Waals surface area contributed by atoms with Gasteiger partial charge < -0.3 is 24.9 Å². The number of aryl methyl sites for hydroxylation is 2. The first-order valence-corrected chi connectivity index (χ1v) is 6.29. The molecule has 2 rings (SSSR count). The molecule has 3 N–H and O–H groups in total. The Labute approximate surface area is 121 Å². The number of rotatable bonds is 4. The van der Waals surface area contributed by atoms with Crippen LogP contribution in [0, 0.1) is 6.92 Å². The normalized spacial score (nSPS) is 10.4. The summed E-state index contributed by atoms with van der Waals surface area (Å²) in [6.07, 6.45) is 3.44. The number of imidazole rings is 1. The van der Waals surface area contributed by atoms with E-state index in [9.17, 15) is 9.59 Å². The third-order valence-electron chi connectivity index (χ3n) is 3.05. The summed E-state index contributed by atoms with van der Waals surface area (Å²) in [7, 11) is 3.45. The van der Waals surface area contributed by atoms with Gasteiger partial charge in [-0.15, -0.1) is 0 Å². The molecule has 0 aliphatic heterocycles. The average molecular weight is 291 g/mol. The molecule has 0 radical (unpaired) electrons. The number of amides is 2. The van der Waals surface area contributed by atoms with Gasteiger partial charge in [-0.3, -0.25) is 0 Å². The van der Waals surface area contributed by atoms with Crippen LogP contribution in [0.5, 0.6) is 0 Å². The van der Waals surface area contributed by atoms with E-state index in [0.717, 1.165) is 5.82 Å². The highest BCUT2D eigenvalue weighted by Gasteiger charge is 2.18. The molecule has 2 amide bonds. The van der Waals surface area contributed by atoms with E-state index in [1.54, 1.807) is 32.4 Å². The molecule has 0 aliphatic rings. The monoisotopic (exact) mass is 291 g/mol. The number of aromatic nitrogens is 3. The molecule has 0 bridgehead atoms. The van der Waals surface area contributed by atoms with E-state index in [-0.39, 0.29) is 11.4 Å². The van der Waals surface area contributed by atoms with Crippen molar-refractivity contribution in [2.75, 3.05) is 12.4 Å². The summed E-state index contributed by atoms with van der Waals surface area (Å²) in [6, 6.07) is 1.18. The fourth-order valence-electron chi connectivity index (χ4n) is 1.90. The SMILES string of the molecule is Cc1cc(NC(=O)N(C)Cc2nccn2C)c(C(=O)O)[nH]1. The van der Waals surface area contributed by atoms with Crippen LogP contribution in [0.3, 0.4) is 0 Å². The lowest BCUT2D eigenvalue weighted by Gasteiger charge is -2.17. The van der Waals surface area contributed by atoms with Gasteiger partial charge in [0.2, 0.25) is 0 Å². The number of carbonyl (C=O) groups excluding carboxylic acids is 1. The van der Waals surface area contributed by atoms with Crippen LogP contribution in [0.1, 0.15) is 22.0 Å². The van der Waals surface area contributed by atoms with Crippen molar-refractivity contribution in [3.63, 3.8) is 0 Å². The van der Waals surface area contributed by atoms with Crippen LogP contribution >= 0.6 is 0 Å². The summed E-state index contributed by atoms with van der Waals surface area (Å²) >= 11 is 0. The third-order valence-corrected chi connectivity index (χ3v) is 3.05.